The molecule has 11 nitrogen and oxygen atoms in total. The molecule has 2 aliphatic carbocycles. The Labute approximate surface area is 299 Å². The Kier molecular flexibility index (Phi) is 11.7. The summed E-state index contributed by atoms with van der Waals surface area (Å²) in [5.41, 5.74) is -1.09. The number of allylic oxidation sites excluding steroid dienone is 1. The predicted molar refractivity (Wildman–Crippen MR) is 188 cm³/mol. The van der Waals surface area contributed by atoms with Gasteiger partial charge in [0.05, 0.1) is 47.8 Å². The number of hydrogen-bond donors (Lipinski definition) is 5. The van der Waals surface area contributed by atoms with E-state index in [9.17, 15) is 25.2 Å². The summed E-state index contributed by atoms with van der Waals surface area (Å²) >= 11 is 0. The predicted octanol–water partition coefficient (Wildman–Crippen LogP) is 4.17. The third-order valence-corrected chi connectivity index (χ3v) is 13.7. The van der Waals surface area contributed by atoms with Gasteiger partial charge in [-0.2, -0.15) is 0 Å². The van der Waals surface area contributed by atoms with Gasteiger partial charge in [-0.3, -0.25) is 4.79 Å². The molecule has 5 N–H and O–H groups in total. The Morgan fingerprint density at radius 3 is 2.26 bits per heavy atom. The van der Waals surface area contributed by atoms with Crippen molar-refractivity contribution in [3.8, 4) is 0 Å². The number of rotatable bonds is 12. The number of fused-ring (bicyclic) bond motifs is 3. The number of aliphatic hydroxyl groups is 4. The summed E-state index contributed by atoms with van der Waals surface area (Å²) < 4.78 is 30.8. The van der Waals surface area contributed by atoms with Crippen LogP contribution in [0.1, 0.15) is 120 Å². The quantitative estimate of drug-likeness (QED) is 0.187. The van der Waals surface area contributed by atoms with E-state index in [-0.39, 0.29) is 35.6 Å². The van der Waals surface area contributed by atoms with Crippen molar-refractivity contribution in [3.63, 3.8) is 0 Å². The first-order chi connectivity index (χ1) is 23.2. The van der Waals surface area contributed by atoms with Crippen LogP contribution in [0.2, 0.25) is 0 Å². The molecule has 3 aliphatic heterocycles. The van der Waals surface area contributed by atoms with Crippen molar-refractivity contribution in [2.45, 2.75) is 191 Å². The van der Waals surface area contributed by atoms with E-state index in [1.165, 1.54) is 19.6 Å². The lowest BCUT2D eigenvalue weighted by Gasteiger charge is -2.58. The van der Waals surface area contributed by atoms with Crippen LogP contribution in [0.4, 0.5) is 0 Å². The van der Waals surface area contributed by atoms with Crippen molar-refractivity contribution in [2.75, 3.05) is 13.7 Å². The van der Waals surface area contributed by atoms with Gasteiger partial charge < -0.3 is 49.4 Å². The van der Waals surface area contributed by atoms with E-state index in [2.05, 4.69) is 25.7 Å². The van der Waals surface area contributed by atoms with Gasteiger partial charge >= 0.3 is 0 Å². The zero-order valence-corrected chi connectivity index (χ0v) is 32.1. The van der Waals surface area contributed by atoms with E-state index in [4.69, 9.17) is 23.7 Å². The Bertz CT molecular complexity index is 1220. The lowest BCUT2D eigenvalue weighted by molar-refractivity contribution is -0.310. The number of hydrogen-bond acceptors (Lipinski definition) is 10. The van der Waals surface area contributed by atoms with Crippen molar-refractivity contribution in [1.82, 2.24) is 5.32 Å². The molecule has 3 saturated heterocycles. The van der Waals surface area contributed by atoms with Crippen molar-refractivity contribution in [3.05, 3.63) is 12.2 Å². The van der Waals surface area contributed by atoms with E-state index >= 15 is 0 Å². The van der Waals surface area contributed by atoms with Gasteiger partial charge in [-0.1, -0.05) is 26.0 Å². The molecule has 3 heterocycles. The highest BCUT2D eigenvalue weighted by molar-refractivity contribution is 5.73. The zero-order chi connectivity index (χ0) is 37.0. The summed E-state index contributed by atoms with van der Waals surface area (Å²) in [5, 5.41) is 46.4. The van der Waals surface area contributed by atoms with E-state index in [0.29, 0.717) is 31.1 Å². The topological polar surface area (TPSA) is 156 Å². The first kappa shape index (κ1) is 40.0. The molecular formula is C39H67NO10. The lowest BCUT2D eigenvalue weighted by atomic mass is 9.51. The molecule has 5 fully saturated rings. The first-order valence-corrected chi connectivity index (χ1v) is 19.0. The standard InChI is InChI=1S/C39H67NO10/c1-22(24-12-13-26-37(24,7)18-16-30-38(26,8)19-15-28(48-30)35(3,4)45)11-14-27(42)39(9)20-17-29(49-39)36(5,6)50-34-31(40-23(2)41)33(44)32(43)25(47-34)21-46-10/h24-34,42-45H,1,11-21H2,2-10H3,(H,40,41). The molecule has 11 heteroatoms. The average molecular weight is 710 g/mol. The highest BCUT2D eigenvalue weighted by Gasteiger charge is 2.61. The molecule has 0 radical (unpaired) electrons. The minimum atomic E-state index is -1.32. The highest BCUT2D eigenvalue weighted by atomic mass is 16.7. The van der Waals surface area contributed by atoms with Crippen LogP contribution in [0, 0.1) is 22.7 Å². The summed E-state index contributed by atoms with van der Waals surface area (Å²) in [6.45, 7) is 20.3. The normalized spacial score (nSPS) is 44.3. The fourth-order valence-electron chi connectivity index (χ4n) is 10.6. The minimum Gasteiger partial charge on any atom is -0.390 e. The molecule has 1 amide bonds. The smallest absolute Gasteiger partial charge is 0.217 e. The Balaban J connectivity index is 1.18. The van der Waals surface area contributed by atoms with Crippen molar-refractivity contribution in [1.29, 1.82) is 0 Å². The van der Waals surface area contributed by atoms with Gasteiger partial charge in [-0.25, -0.2) is 0 Å². The summed E-state index contributed by atoms with van der Waals surface area (Å²) in [4.78, 5) is 12.0. The van der Waals surface area contributed by atoms with E-state index in [0.717, 1.165) is 44.9 Å². The molecule has 0 aromatic heterocycles. The van der Waals surface area contributed by atoms with Gasteiger partial charge in [0.1, 0.15) is 24.4 Å². The second-order valence-electron chi connectivity index (χ2n) is 18.1. The fraction of sp³-hybridized carbons (Fsp3) is 0.923. The largest absolute Gasteiger partial charge is 0.390 e. The van der Waals surface area contributed by atoms with E-state index in [1.54, 1.807) is 0 Å². The first-order valence-electron chi connectivity index (χ1n) is 19.0. The number of nitrogens with one attached hydrogen (secondary N) is 1. The summed E-state index contributed by atoms with van der Waals surface area (Å²) in [6.07, 6.45) is 3.30. The van der Waals surface area contributed by atoms with Crippen LogP contribution in [0.5, 0.6) is 0 Å². The monoisotopic (exact) mass is 709 g/mol. The van der Waals surface area contributed by atoms with Crippen LogP contribution in [0.3, 0.4) is 0 Å². The van der Waals surface area contributed by atoms with Gasteiger partial charge in [0.15, 0.2) is 6.29 Å². The zero-order valence-electron chi connectivity index (χ0n) is 32.1. The van der Waals surface area contributed by atoms with Gasteiger partial charge in [0.2, 0.25) is 5.91 Å². The van der Waals surface area contributed by atoms with Crippen LogP contribution in [0.25, 0.3) is 0 Å². The maximum absolute atomic E-state index is 12.0. The molecule has 2 saturated carbocycles. The van der Waals surface area contributed by atoms with Gasteiger partial charge in [-0.15, -0.1) is 0 Å². The maximum atomic E-state index is 12.0. The molecule has 5 aliphatic rings. The maximum Gasteiger partial charge on any atom is 0.217 e. The van der Waals surface area contributed by atoms with Crippen LogP contribution in [0.15, 0.2) is 12.2 Å². The number of methoxy groups -OCH3 is 1. The van der Waals surface area contributed by atoms with Crippen LogP contribution in [-0.4, -0.2) is 112 Å². The fourth-order valence-corrected chi connectivity index (χ4v) is 10.6. The molecule has 0 aromatic rings. The average Bonchev–Trinajstić information content (AvgIpc) is 3.61. The van der Waals surface area contributed by atoms with Crippen LogP contribution >= 0.6 is 0 Å². The van der Waals surface area contributed by atoms with Crippen LogP contribution < -0.4 is 5.32 Å². The second kappa shape index (κ2) is 14.6. The summed E-state index contributed by atoms with van der Waals surface area (Å²) in [7, 11) is 1.48. The molecule has 288 valence electrons. The van der Waals surface area contributed by atoms with Gasteiger partial charge in [-0.05, 0) is 121 Å². The number of carbonyl (C=O) groups is 1. The molecule has 0 spiro atoms. The number of amides is 1. The van der Waals surface area contributed by atoms with Crippen molar-refractivity contribution < 1.29 is 48.9 Å². The lowest BCUT2D eigenvalue weighted by Crippen LogP contribution is -2.66. The van der Waals surface area contributed by atoms with E-state index < -0.39 is 59.7 Å². The second-order valence-corrected chi connectivity index (χ2v) is 18.1. The Hall–Kier alpha value is -1.15. The molecule has 50 heavy (non-hydrogen) atoms. The minimum absolute atomic E-state index is 0.0409. The molecule has 14 atom stereocenters. The SMILES string of the molecule is C=C(CCC(O)C1(C)CCC(C(C)(C)OC2OC(COC)C(O)C(O)C2NC(C)=O)O1)C1CCC2C3(C)CCC(C(C)(C)O)OC3CCC12C. The summed E-state index contributed by atoms with van der Waals surface area (Å²) in [5.74, 6) is 0.544. The van der Waals surface area contributed by atoms with E-state index in [1.807, 2.05) is 34.6 Å². The molecule has 5 rings (SSSR count). The molecule has 0 bridgehead atoms. The van der Waals surface area contributed by atoms with Crippen molar-refractivity contribution >= 4 is 5.91 Å². The highest BCUT2D eigenvalue weighted by Crippen LogP contribution is 2.66. The third kappa shape index (κ3) is 7.60. The Morgan fingerprint density at radius 1 is 0.960 bits per heavy atom. The Morgan fingerprint density at radius 2 is 1.62 bits per heavy atom. The van der Waals surface area contributed by atoms with Gasteiger partial charge in [0, 0.05) is 14.0 Å². The molecule has 0 aromatic carbocycles. The van der Waals surface area contributed by atoms with Gasteiger partial charge in [0.25, 0.3) is 0 Å². The third-order valence-electron chi connectivity index (χ3n) is 13.7. The summed E-state index contributed by atoms with van der Waals surface area (Å²) in [6, 6.07) is -0.996. The van der Waals surface area contributed by atoms with Crippen molar-refractivity contribution in [2.24, 2.45) is 22.7 Å². The number of aliphatic hydroxyl groups excluding tert-OH is 3. The molecule has 14 unspecified atom stereocenters. The number of carbonyl (C=O) groups excluding carboxylic acids is 1. The molecular weight excluding hydrogens is 642 g/mol. The number of ether oxygens (including phenoxy) is 5. The van der Waals surface area contributed by atoms with Crippen LogP contribution in [-0.2, 0) is 28.5 Å².